The molecule has 0 saturated heterocycles. The second kappa shape index (κ2) is 2.35. The van der Waals surface area contributed by atoms with Gasteiger partial charge < -0.3 is 4.98 Å². The van der Waals surface area contributed by atoms with E-state index in [0.29, 0.717) is 0 Å². The highest BCUT2D eigenvalue weighted by Gasteiger charge is 1.90. The third-order valence-corrected chi connectivity index (χ3v) is 1.19. The molecule has 9 heavy (non-hydrogen) atoms. The van der Waals surface area contributed by atoms with Crippen molar-refractivity contribution < 1.29 is 0 Å². The van der Waals surface area contributed by atoms with Crippen LogP contribution >= 0.6 is 0 Å². The van der Waals surface area contributed by atoms with E-state index in [1.165, 1.54) is 0 Å². The first kappa shape index (κ1) is 5.89. The van der Waals surface area contributed by atoms with Crippen molar-refractivity contribution in [3.05, 3.63) is 43.3 Å². The molecule has 0 bridgehead atoms. The van der Waals surface area contributed by atoms with Gasteiger partial charge in [0.05, 0.1) is 0 Å². The second-order valence-corrected chi connectivity index (χ2v) is 1.81. The molecule has 1 heteroatoms. The van der Waals surface area contributed by atoms with E-state index in [-0.39, 0.29) is 0 Å². The molecule has 1 heterocycles. The van der Waals surface area contributed by atoms with Crippen molar-refractivity contribution in [1.82, 2.24) is 4.98 Å². The lowest BCUT2D eigenvalue weighted by atomic mass is 10.2. The number of nitrogens with one attached hydrogen (secondary N) is 1. The summed E-state index contributed by atoms with van der Waals surface area (Å²) in [6, 6.07) is 3.90. The van der Waals surface area contributed by atoms with Gasteiger partial charge in [-0.2, -0.15) is 0 Å². The average Bonchev–Trinajstić information content (AvgIpc) is 2.37. The summed E-state index contributed by atoms with van der Waals surface area (Å²) in [4.78, 5) is 3.02. The molecular weight excluding hydrogens is 110 g/mol. The van der Waals surface area contributed by atoms with E-state index in [9.17, 15) is 0 Å². The molecule has 1 N–H and O–H groups in total. The molecule has 1 nitrogen and oxygen atoms in total. The summed E-state index contributed by atoms with van der Waals surface area (Å²) in [5.41, 5.74) is 1.96. The van der Waals surface area contributed by atoms with Crippen molar-refractivity contribution in [2.24, 2.45) is 0 Å². The summed E-state index contributed by atoms with van der Waals surface area (Å²) in [6.07, 6.45) is 3.59. The standard InChI is InChI=1S/C8H9N/c1-3-7(2)8-5-4-6-9-8/h3-6,9H,1-2H2. The van der Waals surface area contributed by atoms with Gasteiger partial charge in [-0.15, -0.1) is 0 Å². The van der Waals surface area contributed by atoms with Crippen molar-refractivity contribution in [1.29, 1.82) is 0 Å². The number of H-pyrrole nitrogens is 1. The van der Waals surface area contributed by atoms with Crippen LogP contribution in [-0.4, -0.2) is 4.98 Å². The van der Waals surface area contributed by atoms with E-state index >= 15 is 0 Å². The van der Waals surface area contributed by atoms with Gasteiger partial charge in [0.25, 0.3) is 0 Å². The third kappa shape index (κ3) is 1.11. The highest BCUT2D eigenvalue weighted by molar-refractivity contribution is 5.68. The van der Waals surface area contributed by atoms with Gasteiger partial charge in [-0.1, -0.05) is 19.2 Å². The fraction of sp³-hybridized carbons (Fsp3) is 0. The first-order valence-electron chi connectivity index (χ1n) is 2.79. The average molecular weight is 119 g/mol. The zero-order valence-corrected chi connectivity index (χ0v) is 5.22. The molecule has 0 fully saturated rings. The molecule has 0 aromatic carbocycles. The minimum Gasteiger partial charge on any atom is -0.361 e. The zero-order valence-electron chi connectivity index (χ0n) is 5.22. The predicted molar refractivity (Wildman–Crippen MR) is 40.0 cm³/mol. The minimum absolute atomic E-state index is 0.931. The Kier molecular flexibility index (Phi) is 1.54. The van der Waals surface area contributed by atoms with Gasteiger partial charge in [0.2, 0.25) is 0 Å². The number of aromatic nitrogens is 1. The van der Waals surface area contributed by atoms with E-state index in [0.717, 1.165) is 11.3 Å². The summed E-state index contributed by atoms with van der Waals surface area (Å²) in [7, 11) is 0. The molecule has 0 amide bonds. The first-order valence-corrected chi connectivity index (χ1v) is 2.79. The van der Waals surface area contributed by atoms with Crippen LogP contribution in [0, 0.1) is 0 Å². The van der Waals surface area contributed by atoms with E-state index in [1.54, 1.807) is 6.08 Å². The summed E-state index contributed by atoms with van der Waals surface area (Å²) in [6.45, 7) is 7.36. The van der Waals surface area contributed by atoms with Crippen molar-refractivity contribution >= 4 is 5.57 Å². The summed E-state index contributed by atoms with van der Waals surface area (Å²) in [5, 5.41) is 0. The van der Waals surface area contributed by atoms with Crippen molar-refractivity contribution in [3.63, 3.8) is 0 Å². The molecule has 0 radical (unpaired) electrons. The van der Waals surface area contributed by atoms with E-state index in [4.69, 9.17) is 0 Å². The van der Waals surface area contributed by atoms with E-state index < -0.39 is 0 Å². The summed E-state index contributed by atoms with van der Waals surface area (Å²) >= 11 is 0. The highest BCUT2D eigenvalue weighted by atomic mass is 14.7. The Labute approximate surface area is 54.7 Å². The minimum atomic E-state index is 0.931. The van der Waals surface area contributed by atoms with Gasteiger partial charge in [-0.25, -0.2) is 0 Å². The van der Waals surface area contributed by atoms with Crippen LogP contribution in [-0.2, 0) is 0 Å². The smallest absolute Gasteiger partial charge is 0.0447 e. The van der Waals surface area contributed by atoms with Gasteiger partial charge in [-0.3, -0.25) is 0 Å². The lowest BCUT2D eigenvalue weighted by molar-refractivity contribution is 1.36. The van der Waals surface area contributed by atoms with Crippen LogP contribution in [0.25, 0.3) is 5.57 Å². The maximum atomic E-state index is 3.77. The van der Waals surface area contributed by atoms with Crippen LogP contribution in [0.15, 0.2) is 37.6 Å². The molecule has 0 aliphatic rings. The fourth-order valence-electron chi connectivity index (χ4n) is 0.640. The Bertz CT molecular complexity index is 206. The number of aromatic amines is 1. The van der Waals surface area contributed by atoms with Gasteiger partial charge in [0.1, 0.15) is 0 Å². The largest absolute Gasteiger partial charge is 0.361 e. The Morgan fingerprint density at radius 3 is 2.89 bits per heavy atom. The van der Waals surface area contributed by atoms with Crippen LogP contribution in [0.1, 0.15) is 5.69 Å². The van der Waals surface area contributed by atoms with Gasteiger partial charge in [-0.05, 0) is 17.7 Å². The van der Waals surface area contributed by atoms with Crippen LogP contribution in [0.5, 0.6) is 0 Å². The highest BCUT2D eigenvalue weighted by Crippen LogP contribution is 2.08. The van der Waals surface area contributed by atoms with Gasteiger partial charge >= 0.3 is 0 Å². The molecule has 0 aliphatic heterocycles. The van der Waals surface area contributed by atoms with Crippen LogP contribution in [0.3, 0.4) is 0 Å². The van der Waals surface area contributed by atoms with Gasteiger partial charge in [0.15, 0.2) is 0 Å². The lowest BCUT2D eigenvalue weighted by Crippen LogP contribution is -1.74. The predicted octanol–water partition coefficient (Wildman–Crippen LogP) is 2.21. The van der Waals surface area contributed by atoms with Crippen LogP contribution in [0.4, 0.5) is 0 Å². The second-order valence-electron chi connectivity index (χ2n) is 1.81. The molecule has 0 saturated carbocycles. The Morgan fingerprint density at radius 1 is 1.67 bits per heavy atom. The third-order valence-electron chi connectivity index (χ3n) is 1.19. The molecule has 0 spiro atoms. The maximum absolute atomic E-state index is 3.77. The summed E-state index contributed by atoms with van der Waals surface area (Å²) < 4.78 is 0. The normalized spacial score (nSPS) is 8.89. The van der Waals surface area contributed by atoms with E-state index in [2.05, 4.69) is 18.1 Å². The SMILES string of the molecule is C=CC(=C)c1ccc[nH]1. The van der Waals surface area contributed by atoms with Crippen molar-refractivity contribution in [2.45, 2.75) is 0 Å². The number of rotatable bonds is 2. The molecule has 1 rings (SSSR count). The molecule has 0 aliphatic carbocycles. The molecule has 1 aromatic heterocycles. The molecular formula is C8H9N. The topological polar surface area (TPSA) is 15.8 Å². The Balaban J connectivity index is 2.89. The molecule has 0 unspecified atom stereocenters. The lowest BCUT2D eigenvalue weighted by Gasteiger charge is -1.90. The monoisotopic (exact) mass is 119 g/mol. The molecule has 1 aromatic rings. The Morgan fingerprint density at radius 2 is 2.44 bits per heavy atom. The first-order chi connectivity index (χ1) is 4.34. The quantitative estimate of drug-likeness (QED) is 0.574. The van der Waals surface area contributed by atoms with Crippen LogP contribution < -0.4 is 0 Å². The maximum Gasteiger partial charge on any atom is 0.0447 e. The van der Waals surface area contributed by atoms with Crippen molar-refractivity contribution in [3.8, 4) is 0 Å². The van der Waals surface area contributed by atoms with Gasteiger partial charge in [0, 0.05) is 11.9 Å². The molecule has 46 valence electrons. The summed E-state index contributed by atoms with van der Waals surface area (Å²) in [5.74, 6) is 0. The number of hydrogen-bond acceptors (Lipinski definition) is 0. The van der Waals surface area contributed by atoms with E-state index in [1.807, 2.05) is 18.3 Å². The zero-order chi connectivity index (χ0) is 6.69. The van der Waals surface area contributed by atoms with Crippen LogP contribution in [0.2, 0.25) is 0 Å². The molecule has 0 atom stereocenters. The Hall–Kier alpha value is -1.24. The fourth-order valence-corrected chi connectivity index (χ4v) is 0.640. The van der Waals surface area contributed by atoms with Crippen molar-refractivity contribution in [2.75, 3.05) is 0 Å². The number of hydrogen-bond donors (Lipinski definition) is 1. The number of allylic oxidation sites excluding steroid dienone is 2.